The molecule has 2 aromatic carbocycles. The van der Waals surface area contributed by atoms with Gasteiger partial charge in [-0.25, -0.2) is 4.98 Å². The molecule has 164 valence electrons. The first-order valence-electron chi connectivity index (χ1n) is 10.1. The summed E-state index contributed by atoms with van der Waals surface area (Å²) in [4.78, 5) is 9.48. The fourth-order valence-corrected chi connectivity index (χ4v) is 3.12. The summed E-state index contributed by atoms with van der Waals surface area (Å²) in [5.74, 6) is 0.550. The maximum Gasteiger partial charge on any atom is 0.421 e. The lowest BCUT2D eigenvalue weighted by atomic mass is 10.1. The van der Waals surface area contributed by atoms with E-state index in [2.05, 4.69) is 22.2 Å². The minimum absolute atomic E-state index is 0.0709. The van der Waals surface area contributed by atoms with E-state index >= 15 is 0 Å². The van der Waals surface area contributed by atoms with Crippen LogP contribution in [0.4, 0.5) is 36.3 Å². The molecule has 5 nitrogen and oxygen atoms in total. The third-order valence-electron chi connectivity index (χ3n) is 4.68. The molecule has 3 rings (SSSR count). The van der Waals surface area contributed by atoms with Crippen LogP contribution in [0.1, 0.15) is 31.4 Å². The Morgan fingerprint density at radius 2 is 1.68 bits per heavy atom. The summed E-state index contributed by atoms with van der Waals surface area (Å²) in [6.45, 7) is 4.51. The number of nitrogens with one attached hydrogen (secondary N) is 1. The maximum absolute atomic E-state index is 13.6. The van der Waals surface area contributed by atoms with Crippen LogP contribution in [0.3, 0.4) is 0 Å². The third-order valence-corrected chi connectivity index (χ3v) is 4.68. The highest BCUT2D eigenvalue weighted by Crippen LogP contribution is 2.37. The molecule has 0 spiro atoms. The van der Waals surface area contributed by atoms with E-state index in [4.69, 9.17) is 4.74 Å². The van der Waals surface area contributed by atoms with Gasteiger partial charge < -0.3 is 15.0 Å². The van der Waals surface area contributed by atoms with Crippen molar-refractivity contribution < 1.29 is 17.9 Å². The first kappa shape index (κ1) is 22.4. The Morgan fingerprint density at radius 1 is 1.00 bits per heavy atom. The van der Waals surface area contributed by atoms with Gasteiger partial charge in [0.1, 0.15) is 11.3 Å². The average molecular weight is 430 g/mol. The molecule has 8 heteroatoms. The highest BCUT2D eigenvalue weighted by atomic mass is 19.4. The van der Waals surface area contributed by atoms with Gasteiger partial charge in [-0.3, -0.25) is 0 Å². The molecular weight excluding hydrogens is 405 g/mol. The van der Waals surface area contributed by atoms with Gasteiger partial charge in [-0.1, -0.05) is 25.5 Å². The molecule has 0 aliphatic rings. The molecule has 1 N–H and O–H groups in total. The molecule has 0 amide bonds. The van der Waals surface area contributed by atoms with Crippen LogP contribution in [-0.4, -0.2) is 23.6 Å². The van der Waals surface area contributed by atoms with E-state index in [0.29, 0.717) is 23.7 Å². The Morgan fingerprint density at radius 3 is 2.26 bits per heavy atom. The second-order valence-electron chi connectivity index (χ2n) is 6.99. The van der Waals surface area contributed by atoms with Crippen LogP contribution in [-0.2, 0) is 12.6 Å². The number of halogens is 3. The predicted octanol–water partition coefficient (Wildman–Crippen LogP) is 6.36. The van der Waals surface area contributed by atoms with Crippen LogP contribution in [0.5, 0.6) is 5.75 Å². The molecule has 1 aromatic heterocycles. The van der Waals surface area contributed by atoms with Gasteiger partial charge in [0, 0.05) is 24.6 Å². The smallest absolute Gasteiger partial charge is 0.421 e. The van der Waals surface area contributed by atoms with Gasteiger partial charge in [0.2, 0.25) is 5.95 Å². The van der Waals surface area contributed by atoms with E-state index in [1.54, 1.807) is 43.4 Å². The van der Waals surface area contributed by atoms with Gasteiger partial charge in [-0.15, -0.1) is 0 Å². The summed E-state index contributed by atoms with van der Waals surface area (Å²) in [5.41, 5.74) is 1.48. The van der Waals surface area contributed by atoms with Crippen LogP contribution in [0.2, 0.25) is 0 Å². The number of anilines is 4. The Balaban J connectivity index is 1.91. The van der Waals surface area contributed by atoms with Gasteiger partial charge in [-0.05, 0) is 55.3 Å². The number of hydrogen-bond acceptors (Lipinski definition) is 5. The first-order chi connectivity index (χ1) is 14.8. The summed E-state index contributed by atoms with van der Waals surface area (Å²) >= 11 is 0. The van der Waals surface area contributed by atoms with Gasteiger partial charge in [0.05, 0.1) is 6.61 Å². The molecule has 0 fully saturated rings. The van der Waals surface area contributed by atoms with Crippen LogP contribution >= 0.6 is 0 Å². The zero-order chi connectivity index (χ0) is 22.4. The van der Waals surface area contributed by atoms with E-state index < -0.39 is 11.7 Å². The summed E-state index contributed by atoms with van der Waals surface area (Å²) in [6, 6.07) is 14.5. The summed E-state index contributed by atoms with van der Waals surface area (Å²) < 4.78 is 46.3. The number of alkyl halides is 3. The van der Waals surface area contributed by atoms with E-state index in [9.17, 15) is 13.2 Å². The Hall–Kier alpha value is -3.29. The zero-order valence-corrected chi connectivity index (χ0v) is 17.7. The molecule has 0 saturated carbocycles. The SMILES string of the molecule is CCCc1ccc(N(C)c2nc(Nc3ccc(OCC)cc3)ncc2C(F)(F)F)cc1. The maximum atomic E-state index is 13.6. The van der Waals surface area contributed by atoms with Crippen molar-refractivity contribution in [1.82, 2.24) is 9.97 Å². The van der Waals surface area contributed by atoms with Crippen molar-refractivity contribution in [1.29, 1.82) is 0 Å². The van der Waals surface area contributed by atoms with E-state index in [1.807, 2.05) is 19.1 Å². The minimum atomic E-state index is -4.58. The normalized spacial score (nSPS) is 11.3. The number of benzene rings is 2. The summed E-state index contributed by atoms with van der Waals surface area (Å²) in [7, 11) is 1.56. The molecule has 0 saturated heterocycles. The lowest BCUT2D eigenvalue weighted by Crippen LogP contribution is -2.19. The monoisotopic (exact) mass is 430 g/mol. The second kappa shape index (κ2) is 9.68. The highest BCUT2D eigenvalue weighted by Gasteiger charge is 2.36. The number of aryl methyl sites for hydroxylation is 1. The average Bonchev–Trinajstić information content (AvgIpc) is 2.75. The van der Waals surface area contributed by atoms with E-state index in [-0.39, 0.29) is 11.8 Å². The van der Waals surface area contributed by atoms with Crippen molar-refractivity contribution in [2.45, 2.75) is 32.9 Å². The number of rotatable bonds is 8. The van der Waals surface area contributed by atoms with Crippen LogP contribution in [0.15, 0.2) is 54.7 Å². The van der Waals surface area contributed by atoms with Crippen molar-refractivity contribution in [3.05, 3.63) is 65.9 Å². The van der Waals surface area contributed by atoms with Crippen molar-refractivity contribution in [2.75, 3.05) is 23.9 Å². The molecule has 3 aromatic rings. The van der Waals surface area contributed by atoms with Crippen LogP contribution in [0.25, 0.3) is 0 Å². The van der Waals surface area contributed by atoms with E-state index in [0.717, 1.165) is 24.6 Å². The standard InChI is InChI=1S/C23H25F3N4O/c1-4-6-16-7-11-18(12-8-16)30(3)21-20(23(24,25)26)15-27-22(29-21)28-17-9-13-19(14-10-17)31-5-2/h7-15H,4-6H2,1-3H3,(H,27,28,29). The first-order valence-corrected chi connectivity index (χ1v) is 10.1. The molecule has 0 bridgehead atoms. The topological polar surface area (TPSA) is 50.3 Å². The molecule has 31 heavy (non-hydrogen) atoms. The van der Waals surface area contributed by atoms with Crippen LogP contribution < -0.4 is 15.0 Å². The number of nitrogens with zero attached hydrogens (tertiary/aromatic N) is 3. The molecule has 0 aliphatic heterocycles. The third kappa shape index (κ3) is 5.65. The fraction of sp³-hybridized carbons (Fsp3) is 0.304. The minimum Gasteiger partial charge on any atom is -0.494 e. The van der Waals surface area contributed by atoms with Gasteiger partial charge in [0.25, 0.3) is 0 Å². The van der Waals surface area contributed by atoms with Crippen molar-refractivity contribution in [2.24, 2.45) is 0 Å². The van der Waals surface area contributed by atoms with Crippen molar-refractivity contribution in [3.63, 3.8) is 0 Å². The number of ether oxygens (including phenoxy) is 1. The Labute approximate surface area is 179 Å². The van der Waals surface area contributed by atoms with Crippen molar-refractivity contribution in [3.8, 4) is 5.75 Å². The molecule has 0 atom stereocenters. The van der Waals surface area contributed by atoms with Gasteiger partial charge in [-0.2, -0.15) is 18.2 Å². The molecule has 0 unspecified atom stereocenters. The number of hydrogen-bond donors (Lipinski definition) is 1. The van der Waals surface area contributed by atoms with Gasteiger partial charge >= 0.3 is 6.18 Å². The predicted molar refractivity (Wildman–Crippen MR) is 116 cm³/mol. The fourth-order valence-electron chi connectivity index (χ4n) is 3.12. The number of aromatic nitrogens is 2. The Kier molecular flexibility index (Phi) is 6.99. The van der Waals surface area contributed by atoms with Gasteiger partial charge in [0.15, 0.2) is 5.82 Å². The van der Waals surface area contributed by atoms with Crippen LogP contribution in [0, 0.1) is 0 Å². The summed E-state index contributed by atoms with van der Waals surface area (Å²) in [6.07, 6.45) is -1.86. The quantitative estimate of drug-likeness (QED) is 0.451. The molecule has 0 radical (unpaired) electrons. The molecule has 1 heterocycles. The molecule has 0 aliphatic carbocycles. The zero-order valence-electron chi connectivity index (χ0n) is 17.7. The Bertz CT molecular complexity index is 989. The largest absolute Gasteiger partial charge is 0.494 e. The summed E-state index contributed by atoms with van der Waals surface area (Å²) in [5, 5.41) is 2.95. The lowest BCUT2D eigenvalue weighted by Gasteiger charge is -2.23. The van der Waals surface area contributed by atoms with E-state index in [1.165, 1.54) is 4.90 Å². The molecular formula is C23H25F3N4O. The lowest BCUT2D eigenvalue weighted by molar-refractivity contribution is -0.137. The van der Waals surface area contributed by atoms with Crippen molar-refractivity contribution >= 4 is 23.1 Å². The second-order valence-corrected chi connectivity index (χ2v) is 6.99. The highest BCUT2D eigenvalue weighted by molar-refractivity contribution is 5.65.